The molecule has 1 saturated heterocycles. The van der Waals surface area contributed by atoms with E-state index in [1.165, 1.54) is 4.90 Å². The maximum atomic E-state index is 12.9. The van der Waals surface area contributed by atoms with Crippen LogP contribution in [-0.2, 0) is 0 Å². The molecule has 4 rings (SSSR count). The molecule has 0 spiro atoms. The zero-order chi connectivity index (χ0) is 18.8. The summed E-state index contributed by atoms with van der Waals surface area (Å²) < 4.78 is 0. The van der Waals surface area contributed by atoms with Gasteiger partial charge in [-0.15, -0.1) is 0 Å². The van der Waals surface area contributed by atoms with Gasteiger partial charge in [0.1, 0.15) is 6.54 Å². The minimum atomic E-state index is 0.0773. The smallest absolute Gasteiger partial charge is 0.254 e. The molecule has 1 aromatic heterocycles. The molecule has 1 aliphatic rings. The number of nitrogens with one attached hydrogen (secondary N) is 2. The quantitative estimate of drug-likeness (QED) is 0.694. The molecule has 138 valence electrons. The van der Waals surface area contributed by atoms with Gasteiger partial charge in [-0.05, 0) is 25.1 Å². The first-order valence-electron chi connectivity index (χ1n) is 9.42. The number of hydrogen-bond donors (Lipinski definition) is 2. The SMILES string of the molecule is Cc1[nH]c2ccccc2c1C(=O)C[NH+]1CCN(C(=O)c2ccccc2)CC1. The maximum Gasteiger partial charge on any atom is 0.254 e. The van der Waals surface area contributed by atoms with Gasteiger partial charge in [-0.1, -0.05) is 36.4 Å². The second kappa shape index (κ2) is 7.37. The summed E-state index contributed by atoms with van der Waals surface area (Å²) in [6, 6.07) is 17.3. The fraction of sp³-hybridized carbons (Fsp3) is 0.273. The summed E-state index contributed by atoms with van der Waals surface area (Å²) in [6.07, 6.45) is 0. The van der Waals surface area contributed by atoms with E-state index in [2.05, 4.69) is 4.98 Å². The normalized spacial score (nSPS) is 15.2. The molecule has 1 aliphatic heterocycles. The van der Waals surface area contributed by atoms with Gasteiger partial charge in [-0.2, -0.15) is 0 Å². The molecule has 27 heavy (non-hydrogen) atoms. The number of hydrogen-bond acceptors (Lipinski definition) is 2. The molecule has 0 saturated carbocycles. The van der Waals surface area contributed by atoms with Gasteiger partial charge < -0.3 is 14.8 Å². The molecule has 0 aliphatic carbocycles. The van der Waals surface area contributed by atoms with Gasteiger partial charge in [-0.3, -0.25) is 9.59 Å². The summed E-state index contributed by atoms with van der Waals surface area (Å²) in [5, 5.41) is 0.997. The average molecular weight is 362 g/mol. The number of rotatable bonds is 4. The predicted octanol–water partition coefficient (Wildman–Crippen LogP) is 1.70. The van der Waals surface area contributed by atoms with Crippen LogP contribution in [0.15, 0.2) is 54.6 Å². The number of aryl methyl sites for hydroxylation is 1. The van der Waals surface area contributed by atoms with Crippen LogP contribution in [0.3, 0.4) is 0 Å². The molecule has 1 fully saturated rings. The Morgan fingerprint density at radius 2 is 1.67 bits per heavy atom. The number of carbonyl (C=O) groups excluding carboxylic acids is 2. The van der Waals surface area contributed by atoms with Gasteiger partial charge >= 0.3 is 0 Å². The molecule has 3 aromatic rings. The molecule has 5 nitrogen and oxygen atoms in total. The number of nitrogens with zero attached hydrogens (tertiary/aromatic N) is 1. The van der Waals surface area contributed by atoms with E-state index in [-0.39, 0.29) is 11.7 Å². The lowest BCUT2D eigenvalue weighted by Gasteiger charge is -2.32. The summed E-state index contributed by atoms with van der Waals surface area (Å²) in [5.41, 5.74) is 3.47. The molecule has 2 heterocycles. The molecule has 1 amide bonds. The maximum absolute atomic E-state index is 12.9. The van der Waals surface area contributed by atoms with Gasteiger partial charge in [0, 0.05) is 22.2 Å². The highest BCUT2D eigenvalue weighted by Crippen LogP contribution is 2.21. The van der Waals surface area contributed by atoms with E-state index in [9.17, 15) is 9.59 Å². The molecule has 0 unspecified atom stereocenters. The van der Waals surface area contributed by atoms with E-state index in [4.69, 9.17) is 0 Å². The average Bonchev–Trinajstić information content (AvgIpc) is 3.04. The second-order valence-corrected chi connectivity index (χ2v) is 7.18. The molecular weight excluding hydrogens is 338 g/mol. The van der Waals surface area contributed by atoms with Crippen LogP contribution in [0, 0.1) is 6.92 Å². The number of aromatic amines is 1. The first-order valence-corrected chi connectivity index (χ1v) is 9.42. The molecule has 0 bridgehead atoms. The largest absolute Gasteiger partial charge is 0.358 e. The van der Waals surface area contributed by atoms with Crippen LogP contribution in [0.5, 0.6) is 0 Å². The van der Waals surface area contributed by atoms with Crippen molar-refractivity contribution in [2.75, 3.05) is 32.7 Å². The Bertz CT molecular complexity index is 970. The minimum absolute atomic E-state index is 0.0773. The lowest BCUT2D eigenvalue weighted by molar-refractivity contribution is -0.895. The number of ketones is 1. The number of aromatic nitrogens is 1. The Morgan fingerprint density at radius 1 is 1.00 bits per heavy atom. The van der Waals surface area contributed by atoms with Crippen molar-refractivity contribution in [1.82, 2.24) is 9.88 Å². The van der Waals surface area contributed by atoms with Crippen molar-refractivity contribution in [2.45, 2.75) is 6.92 Å². The number of benzene rings is 2. The van der Waals surface area contributed by atoms with E-state index in [0.717, 1.165) is 40.8 Å². The lowest BCUT2D eigenvalue weighted by Crippen LogP contribution is -3.15. The van der Waals surface area contributed by atoms with E-state index < -0.39 is 0 Å². The summed E-state index contributed by atoms with van der Waals surface area (Å²) in [7, 11) is 0. The van der Waals surface area contributed by atoms with Crippen molar-refractivity contribution >= 4 is 22.6 Å². The van der Waals surface area contributed by atoms with Gasteiger partial charge in [-0.25, -0.2) is 0 Å². The van der Waals surface area contributed by atoms with Gasteiger partial charge in [0.05, 0.1) is 31.7 Å². The molecular formula is C22H24N3O2+. The van der Waals surface area contributed by atoms with Gasteiger partial charge in [0.2, 0.25) is 5.78 Å². The number of fused-ring (bicyclic) bond motifs is 1. The topological polar surface area (TPSA) is 57.6 Å². The highest BCUT2D eigenvalue weighted by molar-refractivity contribution is 6.09. The highest BCUT2D eigenvalue weighted by atomic mass is 16.2. The first-order chi connectivity index (χ1) is 13.1. The molecule has 0 atom stereocenters. The van der Waals surface area contributed by atoms with Crippen molar-refractivity contribution in [2.24, 2.45) is 0 Å². The summed E-state index contributed by atoms with van der Waals surface area (Å²) in [5.74, 6) is 0.247. The monoisotopic (exact) mass is 362 g/mol. The Hall–Kier alpha value is -2.92. The molecule has 2 N–H and O–H groups in total. The van der Waals surface area contributed by atoms with E-state index in [1.54, 1.807) is 0 Å². The number of H-pyrrole nitrogens is 1. The van der Waals surface area contributed by atoms with Crippen molar-refractivity contribution in [1.29, 1.82) is 0 Å². The minimum Gasteiger partial charge on any atom is -0.358 e. The zero-order valence-electron chi connectivity index (χ0n) is 15.5. The fourth-order valence-electron chi connectivity index (χ4n) is 3.92. The highest BCUT2D eigenvalue weighted by Gasteiger charge is 2.27. The third kappa shape index (κ3) is 3.51. The van der Waals surface area contributed by atoms with E-state index in [0.29, 0.717) is 19.6 Å². The van der Waals surface area contributed by atoms with Crippen molar-refractivity contribution < 1.29 is 14.5 Å². The number of carbonyl (C=O) groups is 2. The van der Waals surface area contributed by atoms with Gasteiger partial charge in [0.15, 0.2) is 0 Å². The van der Waals surface area contributed by atoms with Crippen molar-refractivity contribution in [3.8, 4) is 0 Å². The number of quaternary nitrogens is 1. The number of piperazine rings is 1. The summed E-state index contributed by atoms with van der Waals surface area (Å²) in [4.78, 5) is 31.9. The van der Waals surface area contributed by atoms with Crippen molar-refractivity contribution in [3.63, 3.8) is 0 Å². The van der Waals surface area contributed by atoms with Crippen molar-refractivity contribution in [3.05, 3.63) is 71.4 Å². The van der Waals surface area contributed by atoms with Gasteiger partial charge in [0.25, 0.3) is 5.91 Å². The third-order valence-electron chi connectivity index (χ3n) is 5.36. The second-order valence-electron chi connectivity index (χ2n) is 7.18. The Labute approximate surface area is 158 Å². The Balaban J connectivity index is 1.40. The van der Waals surface area contributed by atoms with E-state index in [1.807, 2.05) is 66.4 Å². The number of Topliss-reactive ketones (excluding diaryl/α,β-unsaturated/α-hetero) is 1. The Kier molecular flexibility index (Phi) is 4.77. The predicted molar refractivity (Wildman–Crippen MR) is 105 cm³/mol. The van der Waals surface area contributed by atoms with Crippen LogP contribution in [0.25, 0.3) is 10.9 Å². The zero-order valence-corrected chi connectivity index (χ0v) is 15.5. The Morgan fingerprint density at radius 3 is 2.41 bits per heavy atom. The van der Waals surface area contributed by atoms with Crippen LogP contribution in [0.2, 0.25) is 0 Å². The third-order valence-corrected chi connectivity index (χ3v) is 5.36. The lowest BCUT2D eigenvalue weighted by atomic mass is 10.1. The molecule has 0 radical (unpaired) electrons. The molecule has 2 aromatic carbocycles. The van der Waals surface area contributed by atoms with Crippen LogP contribution < -0.4 is 4.90 Å². The first kappa shape index (κ1) is 17.5. The van der Waals surface area contributed by atoms with Crippen LogP contribution in [0.1, 0.15) is 26.4 Å². The summed E-state index contributed by atoms with van der Waals surface area (Å²) in [6.45, 7) is 5.39. The fourth-order valence-corrected chi connectivity index (χ4v) is 3.92. The van der Waals surface area contributed by atoms with Crippen LogP contribution in [-0.4, -0.2) is 54.3 Å². The number of para-hydroxylation sites is 1. The number of amides is 1. The van der Waals surface area contributed by atoms with Crippen LogP contribution in [0.4, 0.5) is 0 Å². The standard InChI is InChI=1S/C22H23N3O2/c1-16-21(18-9-5-6-10-19(18)23-16)20(26)15-24-11-13-25(14-12-24)22(27)17-7-3-2-4-8-17/h2-10,23H,11-15H2,1H3/p+1. The van der Waals surface area contributed by atoms with Crippen LogP contribution >= 0.6 is 0 Å². The summed E-state index contributed by atoms with van der Waals surface area (Å²) >= 11 is 0. The molecule has 5 heteroatoms. The van der Waals surface area contributed by atoms with E-state index >= 15 is 0 Å².